The van der Waals surface area contributed by atoms with Crippen molar-refractivity contribution in [3.05, 3.63) is 30.3 Å². The number of para-hydroxylation sites is 1. The minimum atomic E-state index is 0.164. The molecule has 86 valence electrons. The number of rotatable bonds is 6. The Labute approximate surface area is 97.4 Å². The maximum atomic E-state index is 11.7. The third-order valence-corrected chi connectivity index (χ3v) is 2.46. The Bertz CT molecular complexity index is 354. The summed E-state index contributed by atoms with van der Waals surface area (Å²) >= 11 is 0. The number of nitrogens with zero attached hydrogens (tertiary/aromatic N) is 1. The largest absolute Gasteiger partial charge is 0.293 e. The molecule has 0 aliphatic heterocycles. The van der Waals surface area contributed by atoms with Crippen molar-refractivity contribution < 1.29 is 4.79 Å². The van der Waals surface area contributed by atoms with E-state index in [4.69, 9.17) is 0 Å². The summed E-state index contributed by atoms with van der Waals surface area (Å²) in [5.74, 6) is 0.164. The van der Waals surface area contributed by atoms with Crippen molar-refractivity contribution in [1.29, 1.82) is 0 Å². The van der Waals surface area contributed by atoms with Gasteiger partial charge in [0.15, 0.2) is 5.78 Å². The maximum absolute atomic E-state index is 11.7. The van der Waals surface area contributed by atoms with E-state index in [1.165, 1.54) is 0 Å². The van der Waals surface area contributed by atoms with E-state index in [1.54, 1.807) is 6.92 Å². The van der Waals surface area contributed by atoms with Crippen LogP contribution in [-0.4, -0.2) is 11.5 Å². The minimum Gasteiger partial charge on any atom is -0.293 e. The predicted octanol–water partition coefficient (Wildman–Crippen LogP) is 3.93. The van der Waals surface area contributed by atoms with Gasteiger partial charge in [-0.2, -0.15) is 0 Å². The molecular weight excluding hydrogens is 198 g/mol. The molecule has 0 unspecified atom stereocenters. The molecule has 0 aliphatic rings. The summed E-state index contributed by atoms with van der Waals surface area (Å²) in [4.78, 5) is 16.0. The lowest BCUT2D eigenvalue weighted by Crippen LogP contribution is -2.09. The Morgan fingerprint density at radius 1 is 1.19 bits per heavy atom. The molecule has 0 aromatic heterocycles. The van der Waals surface area contributed by atoms with Crippen LogP contribution in [-0.2, 0) is 4.79 Å². The fourth-order valence-corrected chi connectivity index (χ4v) is 1.47. The number of aliphatic imine (C=N–C) groups is 1. The molecule has 0 atom stereocenters. The van der Waals surface area contributed by atoms with Crippen LogP contribution in [0.3, 0.4) is 0 Å². The second-order valence-corrected chi connectivity index (χ2v) is 3.91. The summed E-state index contributed by atoms with van der Waals surface area (Å²) in [6.45, 7) is 3.93. The van der Waals surface area contributed by atoms with Gasteiger partial charge in [-0.25, -0.2) is 0 Å². The zero-order valence-corrected chi connectivity index (χ0v) is 10.1. The Kier molecular flexibility index (Phi) is 5.48. The quantitative estimate of drug-likeness (QED) is 0.524. The summed E-state index contributed by atoms with van der Waals surface area (Å²) in [6.07, 6.45) is 3.85. The summed E-state index contributed by atoms with van der Waals surface area (Å²) in [6, 6.07) is 9.60. The van der Waals surface area contributed by atoms with Crippen molar-refractivity contribution >= 4 is 17.2 Å². The van der Waals surface area contributed by atoms with E-state index in [0.29, 0.717) is 12.1 Å². The summed E-state index contributed by atoms with van der Waals surface area (Å²) in [5, 5.41) is 0. The van der Waals surface area contributed by atoms with E-state index in [0.717, 1.165) is 24.9 Å². The van der Waals surface area contributed by atoms with Gasteiger partial charge >= 0.3 is 0 Å². The van der Waals surface area contributed by atoms with E-state index < -0.39 is 0 Å². The maximum Gasteiger partial charge on any atom is 0.176 e. The van der Waals surface area contributed by atoms with Crippen LogP contribution in [0, 0.1) is 0 Å². The number of hydrogen-bond donors (Lipinski definition) is 0. The van der Waals surface area contributed by atoms with Crippen LogP contribution >= 0.6 is 0 Å². The monoisotopic (exact) mass is 217 g/mol. The first-order valence-corrected chi connectivity index (χ1v) is 5.87. The fourth-order valence-electron chi connectivity index (χ4n) is 1.47. The van der Waals surface area contributed by atoms with Crippen molar-refractivity contribution in [1.82, 2.24) is 0 Å². The van der Waals surface area contributed by atoms with Crippen LogP contribution in [0.5, 0.6) is 0 Å². The second-order valence-electron chi connectivity index (χ2n) is 3.91. The lowest BCUT2D eigenvalue weighted by Gasteiger charge is -2.00. The smallest absolute Gasteiger partial charge is 0.176 e. The first-order valence-electron chi connectivity index (χ1n) is 5.87. The number of carbonyl (C=O) groups excluding carboxylic acids is 1. The molecule has 0 amide bonds. The van der Waals surface area contributed by atoms with Crippen LogP contribution in [0.25, 0.3) is 0 Å². The predicted molar refractivity (Wildman–Crippen MR) is 68.4 cm³/mol. The molecule has 2 heteroatoms. The van der Waals surface area contributed by atoms with Crippen LogP contribution in [0.15, 0.2) is 35.3 Å². The van der Waals surface area contributed by atoms with Gasteiger partial charge in [0, 0.05) is 6.42 Å². The van der Waals surface area contributed by atoms with E-state index in [-0.39, 0.29) is 5.78 Å². The average molecular weight is 217 g/mol. The minimum absolute atomic E-state index is 0.164. The van der Waals surface area contributed by atoms with Gasteiger partial charge in [0.1, 0.15) is 0 Å². The van der Waals surface area contributed by atoms with Gasteiger partial charge in [0.25, 0.3) is 0 Å². The van der Waals surface area contributed by atoms with Crippen LogP contribution in [0.2, 0.25) is 0 Å². The van der Waals surface area contributed by atoms with Crippen molar-refractivity contribution in [3.63, 3.8) is 0 Å². The van der Waals surface area contributed by atoms with Gasteiger partial charge in [-0.1, -0.05) is 38.0 Å². The summed E-state index contributed by atoms with van der Waals surface area (Å²) < 4.78 is 0. The van der Waals surface area contributed by atoms with Crippen molar-refractivity contribution in [3.8, 4) is 0 Å². The van der Waals surface area contributed by atoms with Crippen molar-refractivity contribution in [2.45, 2.75) is 39.5 Å². The molecule has 0 heterocycles. The fraction of sp³-hybridized carbons (Fsp3) is 0.429. The number of benzene rings is 1. The van der Waals surface area contributed by atoms with E-state index in [2.05, 4.69) is 11.9 Å². The van der Waals surface area contributed by atoms with Crippen LogP contribution < -0.4 is 0 Å². The molecule has 0 N–H and O–H groups in total. The SMILES string of the molecule is CCCCCC(=O)C(C)=Nc1ccccc1. The van der Waals surface area contributed by atoms with Gasteiger partial charge < -0.3 is 0 Å². The highest BCUT2D eigenvalue weighted by molar-refractivity contribution is 6.39. The van der Waals surface area contributed by atoms with Crippen molar-refractivity contribution in [2.24, 2.45) is 4.99 Å². The highest BCUT2D eigenvalue weighted by atomic mass is 16.1. The van der Waals surface area contributed by atoms with E-state index in [1.807, 2.05) is 30.3 Å². The molecule has 2 nitrogen and oxygen atoms in total. The third kappa shape index (κ3) is 4.39. The number of hydrogen-bond acceptors (Lipinski definition) is 2. The van der Waals surface area contributed by atoms with E-state index in [9.17, 15) is 4.79 Å². The van der Waals surface area contributed by atoms with Crippen molar-refractivity contribution in [2.75, 3.05) is 0 Å². The molecule has 0 saturated heterocycles. The van der Waals surface area contributed by atoms with Gasteiger partial charge in [0.2, 0.25) is 0 Å². The number of unbranched alkanes of at least 4 members (excludes halogenated alkanes) is 2. The second kappa shape index (κ2) is 6.94. The number of Topliss-reactive ketones (excluding diaryl/α,β-unsaturated/α-hetero) is 1. The average Bonchev–Trinajstić information content (AvgIpc) is 2.30. The van der Waals surface area contributed by atoms with Gasteiger partial charge in [0.05, 0.1) is 11.4 Å². The molecule has 1 aromatic rings. The third-order valence-electron chi connectivity index (χ3n) is 2.46. The molecular formula is C14H19NO. The zero-order chi connectivity index (χ0) is 11.8. The first-order chi connectivity index (χ1) is 7.74. The Balaban J connectivity index is 2.53. The highest BCUT2D eigenvalue weighted by Gasteiger charge is 2.05. The van der Waals surface area contributed by atoms with Crippen LogP contribution in [0.1, 0.15) is 39.5 Å². The number of ketones is 1. The normalized spacial score (nSPS) is 11.5. The topological polar surface area (TPSA) is 29.4 Å². The molecule has 1 aromatic carbocycles. The molecule has 0 fully saturated rings. The molecule has 1 rings (SSSR count). The Hall–Kier alpha value is -1.44. The summed E-state index contributed by atoms with van der Waals surface area (Å²) in [5.41, 5.74) is 1.46. The zero-order valence-electron chi connectivity index (χ0n) is 10.1. The molecule has 0 saturated carbocycles. The van der Waals surface area contributed by atoms with Crippen LogP contribution in [0.4, 0.5) is 5.69 Å². The molecule has 0 aliphatic carbocycles. The molecule has 0 radical (unpaired) electrons. The Morgan fingerprint density at radius 2 is 1.88 bits per heavy atom. The van der Waals surface area contributed by atoms with Gasteiger partial charge in [-0.3, -0.25) is 9.79 Å². The standard InChI is InChI=1S/C14H19NO/c1-3-4-6-11-14(16)12(2)15-13-9-7-5-8-10-13/h5,7-10H,3-4,6,11H2,1-2H3. The number of carbonyl (C=O) groups is 1. The van der Waals surface area contributed by atoms with E-state index >= 15 is 0 Å². The molecule has 0 bridgehead atoms. The highest BCUT2D eigenvalue weighted by Crippen LogP contribution is 2.11. The molecule has 0 spiro atoms. The lowest BCUT2D eigenvalue weighted by molar-refractivity contribution is -0.113. The van der Waals surface area contributed by atoms with Gasteiger partial charge in [-0.15, -0.1) is 0 Å². The first kappa shape index (κ1) is 12.6. The lowest BCUT2D eigenvalue weighted by atomic mass is 10.1. The Morgan fingerprint density at radius 3 is 2.50 bits per heavy atom. The molecule has 16 heavy (non-hydrogen) atoms. The van der Waals surface area contributed by atoms with Gasteiger partial charge in [-0.05, 0) is 25.5 Å². The summed E-state index contributed by atoms with van der Waals surface area (Å²) in [7, 11) is 0.